The lowest BCUT2D eigenvalue weighted by atomic mass is 9.72. The van der Waals surface area contributed by atoms with E-state index in [1.807, 2.05) is 13.8 Å². The lowest BCUT2D eigenvalue weighted by Crippen LogP contribution is -2.31. The number of isocyanates is 2. The van der Waals surface area contributed by atoms with Gasteiger partial charge in [0.05, 0.1) is 0 Å². The molecule has 0 aromatic carbocycles. The van der Waals surface area contributed by atoms with Crippen molar-refractivity contribution in [1.29, 1.82) is 0 Å². The molecule has 0 spiro atoms. The van der Waals surface area contributed by atoms with Crippen molar-refractivity contribution in [3.8, 4) is 0 Å². The van der Waals surface area contributed by atoms with E-state index in [9.17, 15) is 9.59 Å². The van der Waals surface area contributed by atoms with Gasteiger partial charge in [0.15, 0.2) is 6.17 Å². The molecule has 0 saturated carbocycles. The topological polar surface area (TPSA) is 58.9 Å². The van der Waals surface area contributed by atoms with Crippen LogP contribution in [0.1, 0.15) is 47.5 Å². The van der Waals surface area contributed by atoms with E-state index in [1.54, 1.807) is 0 Å². The molecule has 0 radical (unpaired) electrons. The summed E-state index contributed by atoms with van der Waals surface area (Å²) in [6.45, 7) is 10.3. The molecule has 0 aromatic rings. The van der Waals surface area contributed by atoms with Crippen LogP contribution in [0.2, 0.25) is 0 Å². The maximum atomic E-state index is 10.3. The van der Waals surface area contributed by atoms with E-state index in [1.165, 1.54) is 12.2 Å². The summed E-state index contributed by atoms with van der Waals surface area (Å²) in [6, 6.07) is 0. The summed E-state index contributed by atoms with van der Waals surface area (Å²) in [5, 5.41) is 0. The number of rotatable bonds is 6. The fourth-order valence-corrected chi connectivity index (χ4v) is 1.93. The third kappa shape index (κ3) is 4.52. The Morgan fingerprint density at radius 2 is 1.50 bits per heavy atom. The van der Waals surface area contributed by atoms with Crippen LogP contribution in [0.3, 0.4) is 0 Å². The number of hydrogen-bond donors (Lipinski definition) is 0. The van der Waals surface area contributed by atoms with Gasteiger partial charge in [-0.3, -0.25) is 0 Å². The average Bonchev–Trinajstić information content (AvgIpc) is 2.16. The number of aliphatic imine (C=N–C) groups is 2. The van der Waals surface area contributed by atoms with Crippen LogP contribution in [0, 0.1) is 10.8 Å². The molecule has 0 aliphatic heterocycles. The van der Waals surface area contributed by atoms with Crippen molar-refractivity contribution in [1.82, 2.24) is 0 Å². The minimum Gasteiger partial charge on any atom is -0.211 e. The molecule has 0 unspecified atom stereocenters. The minimum atomic E-state index is -0.687. The number of nitrogens with zero attached hydrogens (tertiary/aromatic N) is 2. The molecule has 0 aliphatic carbocycles. The highest BCUT2D eigenvalue weighted by molar-refractivity contribution is 5.37. The van der Waals surface area contributed by atoms with E-state index in [0.717, 1.165) is 12.8 Å². The van der Waals surface area contributed by atoms with Crippen molar-refractivity contribution >= 4 is 12.2 Å². The van der Waals surface area contributed by atoms with Crippen molar-refractivity contribution in [2.75, 3.05) is 0 Å². The summed E-state index contributed by atoms with van der Waals surface area (Å²) >= 11 is 0. The van der Waals surface area contributed by atoms with Gasteiger partial charge in [-0.05, 0) is 11.8 Å². The molecule has 90 valence electrons. The number of hydrogen-bond acceptors (Lipinski definition) is 4. The van der Waals surface area contributed by atoms with Crippen molar-refractivity contribution < 1.29 is 9.59 Å². The monoisotopic (exact) mass is 224 g/mol. The highest BCUT2D eigenvalue weighted by Crippen LogP contribution is 2.39. The Labute approximate surface area is 96.9 Å². The third-order valence-corrected chi connectivity index (χ3v) is 2.94. The van der Waals surface area contributed by atoms with Crippen molar-refractivity contribution in [3.63, 3.8) is 0 Å². The predicted molar refractivity (Wildman–Crippen MR) is 62.5 cm³/mol. The van der Waals surface area contributed by atoms with Gasteiger partial charge in [-0.1, -0.05) is 41.0 Å². The second-order valence-electron chi connectivity index (χ2n) is 5.50. The molecule has 0 N–H and O–H groups in total. The van der Waals surface area contributed by atoms with E-state index in [4.69, 9.17) is 0 Å². The molecule has 4 nitrogen and oxygen atoms in total. The summed E-state index contributed by atoms with van der Waals surface area (Å²) in [4.78, 5) is 27.7. The minimum absolute atomic E-state index is 0.124. The zero-order valence-corrected chi connectivity index (χ0v) is 10.7. The van der Waals surface area contributed by atoms with Gasteiger partial charge in [0.25, 0.3) is 0 Å². The lowest BCUT2D eigenvalue weighted by molar-refractivity contribution is 0.160. The standard InChI is InChI=1S/C12H20N2O2/c1-6-11(2,3)7-12(4,5)10(13-8-15)14-9-16/h10H,6-7H2,1-5H3. The van der Waals surface area contributed by atoms with Gasteiger partial charge >= 0.3 is 0 Å². The van der Waals surface area contributed by atoms with E-state index in [2.05, 4.69) is 30.8 Å². The van der Waals surface area contributed by atoms with Crippen LogP contribution in [0.5, 0.6) is 0 Å². The van der Waals surface area contributed by atoms with E-state index in [0.29, 0.717) is 0 Å². The van der Waals surface area contributed by atoms with Crippen LogP contribution in [0.4, 0.5) is 0 Å². The van der Waals surface area contributed by atoms with Crippen molar-refractivity contribution in [3.05, 3.63) is 0 Å². The molecule has 0 bridgehead atoms. The molecule has 0 saturated heterocycles. The first-order valence-corrected chi connectivity index (χ1v) is 5.43. The fourth-order valence-electron chi connectivity index (χ4n) is 1.93. The van der Waals surface area contributed by atoms with Crippen LogP contribution in [0.25, 0.3) is 0 Å². The molecule has 0 heterocycles. The van der Waals surface area contributed by atoms with Crippen molar-refractivity contribution in [2.24, 2.45) is 20.8 Å². The first kappa shape index (κ1) is 14.8. The predicted octanol–water partition coefficient (Wildman–Crippen LogP) is 2.84. The second kappa shape index (κ2) is 5.74. The van der Waals surface area contributed by atoms with Gasteiger partial charge in [-0.15, -0.1) is 0 Å². The van der Waals surface area contributed by atoms with Crippen LogP contribution >= 0.6 is 0 Å². The summed E-state index contributed by atoms with van der Waals surface area (Å²) in [5.41, 5.74) is -0.229. The smallest absolute Gasteiger partial charge is 0.211 e. The molecular weight excluding hydrogens is 204 g/mol. The molecule has 0 aliphatic rings. The Morgan fingerprint density at radius 3 is 1.81 bits per heavy atom. The molecular formula is C12H20N2O2. The normalized spacial score (nSPS) is 13.6. The number of carbonyl (C=O) groups excluding carboxylic acids is 2. The highest BCUT2D eigenvalue weighted by Gasteiger charge is 2.34. The van der Waals surface area contributed by atoms with Crippen molar-refractivity contribution in [2.45, 2.75) is 53.6 Å². The Kier molecular flexibility index (Phi) is 5.29. The maximum absolute atomic E-state index is 10.3. The first-order chi connectivity index (χ1) is 7.29. The molecule has 16 heavy (non-hydrogen) atoms. The third-order valence-electron chi connectivity index (χ3n) is 2.94. The van der Waals surface area contributed by atoms with Crippen LogP contribution < -0.4 is 0 Å². The van der Waals surface area contributed by atoms with Crippen LogP contribution in [0.15, 0.2) is 9.98 Å². The summed E-state index contributed by atoms with van der Waals surface area (Å²) in [7, 11) is 0. The molecule has 0 rings (SSSR count). The van der Waals surface area contributed by atoms with E-state index >= 15 is 0 Å². The zero-order valence-electron chi connectivity index (χ0n) is 10.7. The van der Waals surface area contributed by atoms with Crippen LogP contribution in [-0.2, 0) is 9.59 Å². The summed E-state index contributed by atoms with van der Waals surface area (Å²) in [5.74, 6) is 0. The van der Waals surface area contributed by atoms with E-state index in [-0.39, 0.29) is 10.8 Å². The van der Waals surface area contributed by atoms with Gasteiger partial charge in [0, 0.05) is 5.41 Å². The summed E-state index contributed by atoms with van der Waals surface area (Å²) < 4.78 is 0. The molecule has 4 heteroatoms. The quantitative estimate of drug-likeness (QED) is 0.514. The second-order valence-corrected chi connectivity index (χ2v) is 5.50. The SMILES string of the molecule is CCC(C)(C)CC(C)(C)C(N=C=O)N=C=O. The molecule has 0 atom stereocenters. The summed E-state index contributed by atoms with van der Waals surface area (Å²) in [6.07, 6.45) is 4.07. The Balaban J connectivity index is 4.98. The van der Waals surface area contributed by atoms with Gasteiger partial charge < -0.3 is 0 Å². The molecule has 0 amide bonds. The maximum Gasteiger partial charge on any atom is 0.237 e. The largest absolute Gasteiger partial charge is 0.237 e. The Bertz CT molecular complexity index is 304. The molecule has 0 aromatic heterocycles. The first-order valence-electron chi connectivity index (χ1n) is 5.43. The highest BCUT2D eigenvalue weighted by atomic mass is 16.1. The van der Waals surface area contributed by atoms with Gasteiger partial charge in [0.1, 0.15) is 0 Å². The average molecular weight is 224 g/mol. The molecule has 0 fully saturated rings. The Hall–Kier alpha value is -1.24. The van der Waals surface area contributed by atoms with E-state index < -0.39 is 6.17 Å². The van der Waals surface area contributed by atoms with Gasteiger partial charge in [0.2, 0.25) is 12.2 Å². The fraction of sp³-hybridized carbons (Fsp3) is 0.833. The lowest BCUT2D eigenvalue weighted by Gasteiger charge is -2.35. The van der Waals surface area contributed by atoms with Gasteiger partial charge in [-0.25, -0.2) is 9.59 Å². The van der Waals surface area contributed by atoms with Crippen LogP contribution in [-0.4, -0.2) is 18.3 Å². The zero-order chi connectivity index (χ0) is 12.8. The van der Waals surface area contributed by atoms with Gasteiger partial charge in [-0.2, -0.15) is 9.98 Å². The Morgan fingerprint density at radius 1 is 1.06 bits per heavy atom.